The molecule has 17 heavy (non-hydrogen) atoms. The number of hydrazine groups is 1. The van der Waals surface area contributed by atoms with Gasteiger partial charge in [-0.25, -0.2) is 5.84 Å². The molecule has 2 atom stereocenters. The number of nitrogens with zero attached hydrogens (tertiary/aromatic N) is 2. The summed E-state index contributed by atoms with van der Waals surface area (Å²) in [4.78, 5) is 6.80. The van der Waals surface area contributed by atoms with E-state index in [1.54, 1.807) is 0 Å². The molecule has 4 N–H and O–H groups in total. The predicted octanol–water partition coefficient (Wildman–Crippen LogP) is 0.536. The fourth-order valence-electron chi connectivity index (χ4n) is 2.23. The first-order valence-electron chi connectivity index (χ1n) is 6.63. The van der Waals surface area contributed by atoms with Gasteiger partial charge in [-0.2, -0.15) is 0 Å². The Bertz CT molecular complexity index is 241. The lowest BCUT2D eigenvalue weighted by Gasteiger charge is -2.35. The van der Waals surface area contributed by atoms with E-state index in [9.17, 15) is 0 Å². The summed E-state index contributed by atoms with van der Waals surface area (Å²) >= 11 is 0. The lowest BCUT2D eigenvalue weighted by Crippen LogP contribution is -2.53. The molecule has 5 heteroatoms. The second-order valence-electron chi connectivity index (χ2n) is 5.01. The average molecular weight is 241 g/mol. The molecule has 1 aliphatic rings. The minimum absolute atomic E-state index is 0.475. The summed E-state index contributed by atoms with van der Waals surface area (Å²) in [6.45, 7) is 7.54. The average Bonchev–Trinajstić information content (AvgIpc) is 2.31. The summed E-state index contributed by atoms with van der Waals surface area (Å²) in [5.74, 6) is 6.85. The third-order valence-electron chi connectivity index (χ3n) is 3.35. The number of rotatable bonds is 4. The Hall–Kier alpha value is -0.810. The van der Waals surface area contributed by atoms with Gasteiger partial charge >= 0.3 is 0 Å². The molecule has 0 aromatic carbocycles. The van der Waals surface area contributed by atoms with E-state index < -0.39 is 0 Å². The summed E-state index contributed by atoms with van der Waals surface area (Å²) in [5, 5.41) is 3.42. The van der Waals surface area contributed by atoms with Gasteiger partial charge in [0, 0.05) is 19.1 Å². The van der Waals surface area contributed by atoms with Gasteiger partial charge in [0.25, 0.3) is 0 Å². The summed E-state index contributed by atoms with van der Waals surface area (Å²) in [6.07, 6.45) is 3.41. The molecule has 1 saturated heterocycles. The highest BCUT2D eigenvalue weighted by Gasteiger charge is 2.24. The lowest BCUT2D eigenvalue weighted by molar-refractivity contribution is 0.186. The van der Waals surface area contributed by atoms with Crippen LogP contribution in [0.4, 0.5) is 0 Å². The van der Waals surface area contributed by atoms with Crippen LogP contribution in [0.1, 0.15) is 33.1 Å². The fourth-order valence-corrected chi connectivity index (χ4v) is 2.23. The number of likely N-dealkylation sites (tertiary alicyclic amines) is 1. The number of guanidine groups is 1. The van der Waals surface area contributed by atoms with Crippen molar-refractivity contribution in [3.05, 3.63) is 0 Å². The molecular weight excluding hydrogens is 214 g/mol. The van der Waals surface area contributed by atoms with E-state index >= 15 is 0 Å². The van der Waals surface area contributed by atoms with Crippen LogP contribution in [0.5, 0.6) is 0 Å². The number of piperidine rings is 1. The molecule has 1 rings (SSSR count). The van der Waals surface area contributed by atoms with Crippen molar-refractivity contribution in [3.8, 4) is 0 Å². The van der Waals surface area contributed by atoms with Crippen LogP contribution in [-0.4, -0.2) is 43.6 Å². The monoisotopic (exact) mass is 241 g/mol. The minimum Gasteiger partial charge on any atom is -0.352 e. The molecule has 0 aliphatic carbocycles. The van der Waals surface area contributed by atoms with E-state index in [0.29, 0.717) is 12.0 Å². The maximum absolute atomic E-state index is 5.49. The second-order valence-corrected chi connectivity index (χ2v) is 5.01. The normalized spacial score (nSPS) is 26.9. The fraction of sp³-hybridized carbons (Fsp3) is 0.917. The second kappa shape index (κ2) is 7.50. The SMILES string of the molecule is CCCCN=C(NN)NC1CCN(C)CC1C. The Balaban J connectivity index is 2.41. The van der Waals surface area contributed by atoms with Crippen LogP contribution in [0.2, 0.25) is 0 Å². The highest BCUT2D eigenvalue weighted by atomic mass is 15.3. The van der Waals surface area contributed by atoms with E-state index in [-0.39, 0.29) is 0 Å². The zero-order chi connectivity index (χ0) is 12.7. The molecule has 1 fully saturated rings. The van der Waals surface area contributed by atoms with Gasteiger partial charge in [-0.1, -0.05) is 20.3 Å². The van der Waals surface area contributed by atoms with Crippen molar-refractivity contribution in [2.45, 2.75) is 39.2 Å². The van der Waals surface area contributed by atoms with Gasteiger partial charge in [-0.3, -0.25) is 10.4 Å². The van der Waals surface area contributed by atoms with Crippen molar-refractivity contribution < 1.29 is 0 Å². The zero-order valence-electron chi connectivity index (χ0n) is 11.4. The topological polar surface area (TPSA) is 65.7 Å². The molecule has 0 spiro atoms. The van der Waals surface area contributed by atoms with Crippen LogP contribution in [-0.2, 0) is 0 Å². The number of hydrogen-bond donors (Lipinski definition) is 3. The van der Waals surface area contributed by atoms with Crippen LogP contribution in [0.15, 0.2) is 4.99 Å². The quantitative estimate of drug-likeness (QED) is 0.221. The third kappa shape index (κ3) is 4.91. The molecule has 2 unspecified atom stereocenters. The molecule has 0 bridgehead atoms. The summed E-state index contributed by atoms with van der Waals surface area (Å²) in [5.41, 5.74) is 2.67. The molecule has 1 heterocycles. The number of nitrogens with one attached hydrogen (secondary N) is 2. The molecule has 0 aromatic rings. The number of unbranched alkanes of at least 4 members (excludes halogenated alkanes) is 1. The first kappa shape index (κ1) is 14.3. The molecule has 0 aromatic heterocycles. The third-order valence-corrected chi connectivity index (χ3v) is 3.35. The van der Waals surface area contributed by atoms with Crippen molar-refractivity contribution in [2.24, 2.45) is 16.8 Å². The van der Waals surface area contributed by atoms with Gasteiger partial charge in [-0.05, 0) is 32.4 Å². The van der Waals surface area contributed by atoms with Gasteiger partial charge < -0.3 is 10.2 Å². The summed E-state index contributed by atoms with van der Waals surface area (Å²) < 4.78 is 0. The van der Waals surface area contributed by atoms with Crippen molar-refractivity contribution >= 4 is 5.96 Å². The Morgan fingerprint density at radius 1 is 1.53 bits per heavy atom. The van der Waals surface area contributed by atoms with Crippen molar-refractivity contribution in [3.63, 3.8) is 0 Å². The van der Waals surface area contributed by atoms with Crippen molar-refractivity contribution in [1.82, 2.24) is 15.6 Å². The predicted molar refractivity (Wildman–Crippen MR) is 72.7 cm³/mol. The number of aliphatic imine (C=N–C) groups is 1. The highest BCUT2D eigenvalue weighted by molar-refractivity contribution is 5.79. The smallest absolute Gasteiger partial charge is 0.205 e. The standard InChI is InChI=1S/C12H27N5/c1-4-5-7-14-12(16-13)15-11-6-8-17(3)9-10(11)2/h10-11H,4-9,13H2,1-3H3,(H2,14,15,16). The summed E-state index contributed by atoms with van der Waals surface area (Å²) in [7, 11) is 2.17. The largest absolute Gasteiger partial charge is 0.352 e. The Labute approximate surface area is 105 Å². The Morgan fingerprint density at radius 3 is 2.88 bits per heavy atom. The molecule has 0 radical (unpaired) electrons. The molecule has 0 saturated carbocycles. The van der Waals surface area contributed by atoms with E-state index in [1.165, 1.54) is 0 Å². The zero-order valence-corrected chi connectivity index (χ0v) is 11.4. The van der Waals surface area contributed by atoms with Crippen LogP contribution in [0.3, 0.4) is 0 Å². The Morgan fingerprint density at radius 2 is 2.29 bits per heavy atom. The first-order valence-corrected chi connectivity index (χ1v) is 6.63. The van der Waals surface area contributed by atoms with Crippen LogP contribution in [0.25, 0.3) is 0 Å². The molecule has 100 valence electrons. The Kier molecular flexibility index (Phi) is 6.29. The van der Waals surface area contributed by atoms with Gasteiger partial charge in [0.15, 0.2) is 0 Å². The van der Waals surface area contributed by atoms with Crippen molar-refractivity contribution in [1.29, 1.82) is 0 Å². The van der Waals surface area contributed by atoms with Gasteiger partial charge in [-0.15, -0.1) is 0 Å². The maximum atomic E-state index is 5.49. The van der Waals surface area contributed by atoms with Gasteiger partial charge in [0.2, 0.25) is 5.96 Å². The molecule has 5 nitrogen and oxygen atoms in total. The van der Waals surface area contributed by atoms with Gasteiger partial charge in [0.05, 0.1) is 0 Å². The maximum Gasteiger partial charge on any atom is 0.205 e. The van der Waals surface area contributed by atoms with E-state index in [0.717, 1.165) is 44.9 Å². The summed E-state index contributed by atoms with van der Waals surface area (Å²) in [6, 6.07) is 0.475. The van der Waals surface area contributed by atoms with E-state index in [1.807, 2.05) is 0 Å². The van der Waals surface area contributed by atoms with Crippen LogP contribution < -0.4 is 16.6 Å². The molecule has 1 aliphatic heterocycles. The molecule has 0 amide bonds. The van der Waals surface area contributed by atoms with Crippen LogP contribution in [0, 0.1) is 5.92 Å². The highest BCUT2D eigenvalue weighted by Crippen LogP contribution is 2.14. The van der Waals surface area contributed by atoms with E-state index in [4.69, 9.17) is 5.84 Å². The minimum atomic E-state index is 0.475. The number of hydrogen-bond acceptors (Lipinski definition) is 3. The van der Waals surface area contributed by atoms with E-state index in [2.05, 4.69) is 41.5 Å². The first-order chi connectivity index (χ1) is 8.17. The van der Waals surface area contributed by atoms with Crippen molar-refractivity contribution in [2.75, 3.05) is 26.7 Å². The lowest BCUT2D eigenvalue weighted by atomic mass is 9.94. The van der Waals surface area contributed by atoms with Crippen LogP contribution >= 0.6 is 0 Å². The van der Waals surface area contributed by atoms with Gasteiger partial charge in [0.1, 0.15) is 0 Å². The molecular formula is C12H27N5. The number of nitrogens with two attached hydrogens (primary N) is 1.